The summed E-state index contributed by atoms with van der Waals surface area (Å²) in [4.78, 5) is 0. The van der Waals surface area contributed by atoms with Gasteiger partial charge in [0.05, 0.1) is 0 Å². The minimum absolute atomic E-state index is 0. The minimum Gasteiger partial charge on any atom is -1.00 e. The molecular weight excluding hydrogens is 317 g/mol. The molecule has 2 rings (SSSR count). The Morgan fingerprint density at radius 2 is 1.62 bits per heavy atom. The summed E-state index contributed by atoms with van der Waals surface area (Å²) in [5.41, 5.74) is 2.39. The molecular formula is C13H15BrOZn. The fourth-order valence-corrected chi connectivity index (χ4v) is 1.97. The predicted octanol–water partition coefficient (Wildman–Crippen LogP) is -0.581. The zero-order chi connectivity index (χ0) is 9.80. The third-order valence-electron chi connectivity index (χ3n) is 2.79. The van der Waals surface area contributed by atoms with E-state index in [1.54, 1.807) is 0 Å². The van der Waals surface area contributed by atoms with Crippen LogP contribution in [0.3, 0.4) is 0 Å². The van der Waals surface area contributed by atoms with Crippen LogP contribution in [0.1, 0.15) is 31.2 Å². The van der Waals surface area contributed by atoms with Gasteiger partial charge in [0.15, 0.2) is 0 Å². The first-order valence-electron chi connectivity index (χ1n) is 5.28. The molecule has 0 heterocycles. The Labute approximate surface area is 120 Å². The van der Waals surface area contributed by atoms with Crippen LogP contribution in [0.5, 0.6) is 0 Å². The Morgan fingerprint density at radius 3 is 2.25 bits per heavy atom. The van der Waals surface area contributed by atoms with Crippen molar-refractivity contribution in [1.29, 1.82) is 0 Å². The standard InChI is InChI=1S/C13H16O.BrH.Zn/c14-13-9-5-4-8-12(13)10-11-6-2-1-3-7-11;;/h1-3,6-7,14H,4-5,8-10H2;1H;/q;;+2/p-2. The quantitative estimate of drug-likeness (QED) is 0.665. The maximum Gasteiger partial charge on any atom is 2.00 e. The van der Waals surface area contributed by atoms with E-state index in [1.165, 1.54) is 12.0 Å². The number of halogens is 1. The maximum atomic E-state index is 11.6. The molecule has 0 amide bonds. The molecule has 0 aliphatic heterocycles. The van der Waals surface area contributed by atoms with Gasteiger partial charge in [0.2, 0.25) is 0 Å². The Hall–Kier alpha value is -0.137. The van der Waals surface area contributed by atoms with Crippen LogP contribution in [0.4, 0.5) is 0 Å². The molecule has 1 aromatic carbocycles. The van der Waals surface area contributed by atoms with Crippen molar-refractivity contribution in [2.24, 2.45) is 0 Å². The summed E-state index contributed by atoms with van der Waals surface area (Å²) >= 11 is 0. The minimum atomic E-state index is 0. The van der Waals surface area contributed by atoms with Crippen LogP contribution < -0.4 is 22.1 Å². The van der Waals surface area contributed by atoms with E-state index in [0.717, 1.165) is 31.3 Å². The molecule has 0 saturated heterocycles. The Morgan fingerprint density at radius 1 is 1.00 bits per heavy atom. The maximum absolute atomic E-state index is 11.6. The number of rotatable bonds is 2. The van der Waals surface area contributed by atoms with E-state index >= 15 is 0 Å². The fourth-order valence-electron chi connectivity index (χ4n) is 1.97. The van der Waals surface area contributed by atoms with Gasteiger partial charge in [-0.1, -0.05) is 42.3 Å². The van der Waals surface area contributed by atoms with Gasteiger partial charge in [0.25, 0.3) is 0 Å². The number of hydrogen-bond acceptors (Lipinski definition) is 1. The summed E-state index contributed by atoms with van der Waals surface area (Å²) in [6.07, 6.45) is 4.90. The van der Waals surface area contributed by atoms with Crippen molar-refractivity contribution < 1.29 is 41.6 Å². The Balaban J connectivity index is 0.00000112. The average molecular weight is 333 g/mol. The summed E-state index contributed by atoms with van der Waals surface area (Å²) in [6, 6.07) is 10.3. The average Bonchev–Trinajstić information content (AvgIpc) is 2.23. The van der Waals surface area contributed by atoms with Crippen molar-refractivity contribution in [1.82, 2.24) is 0 Å². The van der Waals surface area contributed by atoms with Gasteiger partial charge in [0, 0.05) is 0 Å². The smallest absolute Gasteiger partial charge is 1.00 e. The van der Waals surface area contributed by atoms with Gasteiger partial charge < -0.3 is 22.1 Å². The third-order valence-corrected chi connectivity index (χ3v) is 2.79. The second-order valence-corrected chi connectivity index (χ2v) is 3.90. The topological polar surface area (TPSA) is 23.1 Å². The van der Waals surface area contributed by atoms with E-state index in [9.17, 15) is 5.11 Å². The second kappa shape index (κ2) is 8.03. The van der Waals surface area contributed by atoms with Crippen LogP contribution in [-0.2, 0) is 25.9 Å². The molecule has 0 radical (unpaired) electrons. The van der Waals surface area contributed by atoms with Crippen LogP contribution >= 0.6 is 0 Å². The molecule has 0 bridgehead atoms. The summed E-state index contributed by atoms with van der Waals surface area (Å²) in [5.74, 6) is 0.389. The Bertz CT molecular complexity index is 335. The number of allylic oxidation sites excluding steroid dienone is 2. The van der Waals surface area contributed by atoms with Gasteiger partial charge in [0.1, 0.15) is 0 Å². The molecule has 0 aromatic heterocycles. The molecule has 1 nitrogen and oxygen atoms in total. The van der Waals surface area contributed by atoms with Crippen molar-refractivity contribution in [3.05, 3.63) is 47.2 Å². The molecule has 0 saturated carbocycles. The number of hydrogen-bond donors (Lipinski definition) is 0. The van der Waals surface area contributed by atoms with Crippen molar-refractivity contribution >= 4 is 0 Å². The van der Waals surface area contributed by atoms with Crippen molar-refractivity contribution in [3.63, 3.8) is 0 Å². The molecule has 1 aliphatic carbocycles. The monoisotopic (exact) mass is 330 g/mol. The van der Waals surface area contributed by atoms with E-state index in [2.05, 4.69) is 12.1 Å². The molecule has 0 N–H and O–H groups in total. The molecule has 0 unspecified atom stereocenters. The van der Waals surface area contributed by atoms with Crippen molar-refractivity contribution in [2.75, 3.05) is 0 Å². The third kappa shape index (κ3) is 4.39. The second-order valence-electron chi connectivity index (χ2n) is 3.90. The van der Waals surface area contributed by atoms with E-state index in [4.69, 9.17) is 0 Å². The first kappa shape index (κ1) is 15.9. The van der Waals surface area contributed by atoms with E-state index in [0.29, 0.717) is 5.76 Å². The van der Waals surface area contributed by atoms with E-state index < -0.39 is 0 Å². The van der Waals surface area contributed by atoms with E-state index in [1.807, 2.05) is 18.2 Å². The first-order valence-corrected chi connectivity index (χ1v) is 5.28. The van der Waals surface area contributed by atoms with Crippen LogP contribution in [0.2, 0.25) is 0 Å². The normalized spacial score (nSPS) is 15.0. The fraction of sp³-hybridized carbons (Fsp3) is 0.385. The molecule has 82 valence electrons. The molecule has 0 atom stereocenters. The summed E-state index contributed by atoms with van der Waals surface area (Å²) in [6.45, 7) is 0. The molecule has 0 spiro atoms. The summed E-state index contributed by atoms with van der Waals surface area (Å²) in [7, 11) is 0. The largest absolute Gasteiger partial charge is 2.00 e. The molecule has 1 aromatic rings. The molecule has 0 fully saturated rings. The van der Waals surface area contributed by atoms with Gasteiger partial charge >= 0.3 is 19.5 Å². The Kier molecular flexibility index (Phi) is 7.96. The SMILES string of the molecule is [Br-].[O-]C1=C(Cc2ccccc2)CCCC1.[Zn+2]. The zero-order valence-corrected chi connectivity index (χ0v) is 14.0. The van der Waals surface area contributed by atoms with Gasteiger partial charge in [-0.15, -0.1) is 5.76 Å². The van der Waals surface area contributed by atoms with Crippen LogP contribution in [0.15, 0.2) is 41.7 Å². The summed E-state index contributed by atoms with van der Waals surface area (Å²) in [5, 5.41) is 11.6. The van der Waals surface area contributed by atoms with Crippen LogP contribution in [0, 0.1) is 0 Å². The summed E-state index contributed by atoms with van der Waals surface area (Å²) < 4.78 is 0. The van der Waals surface area contributed by atoms with Gasteiger partial charge in [-0.05, 0) is 31.2 Å². The van der Waals surface area contributed by atoms with Gasteiger partial charge in [-0.3, -0.25) is 0 Å². The number of benzene rings is 1. The molecule has 3 heteroatoms. The molecule has 16 heavy (non-hydrogen) atoms. The van der Waals surface area contributed by atoms with Gasteiger partial charge in [-0.25, -0.2) is 0 Å². The van der Waals surface area contributed by atoms with Crippen LogP contribution in [0.25, 0.3) is 0 Å². The predicted molar refractivity (Wildman–Crippen MR) is 55.6 cm³/mol. The van der Waals surface area contributed by atoms with E-state index in [-0.39, 0.29) is 36.5 Å². The van der Waals surface area contributed by atoms with Gasteiger partial charge in [-0.2, -0.15) is 0 Å². The zero-order valence-electron chi connectivity index (χ0n) is 9.42. The van der Waals surface area contributed by atoms with Crippen molar-refractivity contribution in [2.45, 2.75) is 32.1 Å². The van der Waals surface area contributed by atoms with Crippen LogP contribution in [-0.4, -0.2) is 0 Å². The van der Waals surface area contributed by atoms with Crippen molar-refractivity contribution in [3.8, 4) is 0 Å². The first-order chi connectivity index (χ1) is 6.86. The molecule has 1 aliphatic rings.